The van der Waals surface area contributed by atoms with E-state index in [1.165, 1.54) is 9.47 Å². The van der Waals surface area contributed by atoms with E-state index in [-0.39, 0.29) is 17.4 Å². The number of carbonyl (C=O) groups excluding carboxylic acids is 2. The number of hydrogen-bond acceptors (Lipinski definition) is 4. The lowest BCUT2D eigenvalue weighted by molar-refractivity contribution is 0.0568. The zero-order valence-electron chi connectivity index (χ0n) is 20.2. The van der Waals surface area contributed by atoms with Gasteiger partial charge in [-0.05, 0) is 53.9 Å². The summed E-state index contributed by atoms with van der Waals surface area (Å²) in [4.78, 5) is 46.7. The van der Waals surface area contributed by atoms with Gasteiger partial charge in [-0.3, -0.25) is 23.9 Å². The average molecular weight is 486 g/mol. The lowest BCUT2D eigenvalue weighted by Gasteiger charge is -2.27. The fourth-order valence-corrected chi connectivity index (χ4v) is 5.03. The Bertz CT molecular complexity index is 1690. The van der Waals surface area contributed by atoms with Crippen LogP contribution in [0.4, 0.5) is 0 Å². The fraction of sp³-hybridized carbons (Fsp3) is 0.0968. The van der Waals surface area contributed by atoms with Gasteiger partial charge >= 0.3 is 0 Å². The number of rotatable bonds is 5. The molecule has 2 heterocycles. The van der Waals surface area contributed by atoms with E-state index in [1.807, 2.05) is 67.6 Å². The van der Waals surface area contributed by atoms with Crippen LogP contribution in [0.5, 0.6) is 0 Å². The van der Waals surface area contributed by atoms with Crippen molar-refractivity contribution in [1.29, 1.82) is 0 Å². The second-order valence-electron chi connectivity index (χ2n) is 8.99. The Labute approximate surface area is 213 Å². The fourth-order valence-electron chi connectivity index (χ4n) is 5.03. The number of nitrogens with zero attached hydrogens (tertiary/aromatic N) is 3. The van der Waals surface area contributed by atoms with E-state index in [0.29, 0.717) is 40.0 Å². The van der Waals surface area contributed by atoms with E-state index in [4.69, 9.17) is 4.98 Å². The van der Waals surface area contributed by atoms with Gasteiger partial charge in [0.25, 0.3) is 17.4 Å². The smallest absolute Gasteiger partial charge is 0.266 e. The van der Waals surface area contributed by atoms with Crippen molar-refractivity contribution in [2.45, 2.75) is 19.4 Å². The molecular formula is C31H23N3O3. The Morgan fingerprint density at radius 1 is 0.676 bits per heavy atom. The van der Waals surface area contributed by atoms with Gasteiger partial charge in [0.1, 0.15) is 5.82 Å². The minimum Gasteiger partial charge on any atom is -0.269 e. The van der Waals surface area contributed by atoms with Crippen molar-refractivity contribution in [2.75, 3.05) is 0 Å². The van der Waals surface area contributed by atoms with Gasteiger partial charge in [0, 0.05) is 0 Å². The maximum atomic E-state index is 13.9. The highest BCUT2D eigenvalue weighted by atomic mass is 16.2. The minimum atomic E-state index is -0.724. The summed E-state index contributed by atoms with van der Waals surface area (Å²) >= 11 is 0. The third-order valence-corrected chi connectivity index (χ3v) is 6.86. The molecule has 0 bridgehead atoms. The third kappa shape index (κ3) is 3.65. The maximum Gasteiger partial charge on any atom is 0.266 e. The van der Waals surface area contributed by atoms with Crippen molar-refractivity contribution in [3.8, 4) is 16.8 Å². The standard InChI is InChI=1S/C31H23N3O3/c1-2-27(34-29(35)23-12-6-7-13-24(23)30(34)36)28-32-26-15-9-8-14-25(26)31(37)33(28)22-18-16-21(17-19-22)20-10-4-3-5-11-20/h3-19,27H,2H2,1H3/t27-/m0/s1. The molecule has 0 spiro atoms. The van der Waals surface area contributed by atoms with Crippen LogP contribution in [0.2, 0.25) is 0 Å². The summed E-state index contributed by atoms with van der Waals surface area (Å²) in [5.74, 6) is -0.394. The highest BCUT2D eigenvalue weighted by Crippen LogP contribution is 2.34. The highest BCUT2D eigenvalue weighted by molar-refractivity contribution is 6.21. The van der Waals surface area contributed by atoms with Gasteiger partial charge in [-0.1, -0.05) is 73.7 Å². The number of amides is 2. The minimum absolute atomic E-state index is 0.247. The summed E-state index contributed by atoms with van der Waals surface area (Å²) in [6, 6.07) is 30.9. The Balaban J connectivity index is 1.54. The van der Waals surface area contributed by atoms with Crippen LogP contribution in [0, 0.1) is 0 Å². The first-order valence-corrected chi connectivity index (χ1v) is 12.2. The number of aromatic nitrogens is 2. The normalized spacial score (nSPS) is 13.7. The molecule has 1 aliphatic heterocycles. The summed E-state index contributed by atoms with van der Waals surface area (Å²) in [5.41, 5.74) is 3.71. The van der Waals surface area contributed by atoms with Crippen LogP contribution in [-0.2, 0) is 0 Å². The Kier molecular flexibility index (Phi) is 5.49. The number of hydrogen-bond donors (Lipinski definition) is 0. The Morgan fingerprint density at radius 3 is 1.89 bits per heavy atom. The van der Waals surface area contributed by atoms with E-state index in [0.717, 1.165) is 11.1 Å². The Hall–Kier alpha value is -4.84. The number of carbonyl (C=O) groups is 2. The molecule has 1 aromatic heterocycles. The molecule has 0 fully saturated rings. The molecular weight excluding hydrogens is 462 g/mol. The van der Waals surface area contributed by atoms with E-state index < -0.39 is 6.04 Å². The van der Waals surface area contributed by atoms with Crippen molar-refractivity contribution in [3.63, 3.8) is 0 Å². The van der Waals surface area contributed by atoms with Crippen LogP contribution in [0.3, 0.4) is 0 Å². The van der Waals surface area contributed by atoms with Gasteiger partial charge in [-0.15, -0.1) is 0 Å². The summed E-state index contributed by atoms with van der Waals surface area (Å²) < 4.78 is 1.54. The summed E-state index contributed by atoms with van der Waals surface area (Å²) in [6.45, 7) is 1.89. The Morgan fingerprint density at radius 2 is 1.24 bits per heavy atom. The maximum absolute atomic E-state index is 13.9. The monoisotopic (exact) mass is 485 g/mol. The van der Waals surface area contributed by atoms with Crippen molar-refractivity contribution >= 4 is 22.7 Å². The molecule has 0 saturated heterocycles. The van der Waals surface area contributed by atoms with Crippen LogP contribution in [0.15, 0.2) is 108 Å². The average Bonchev–Trinajstić information content (AvgIpc) is 3.20. The molecule has 0 N–H and O–H groups in total. The zero-order chi connectivity index (χ0) is 25.5. The molecule has 0 saturated carbocycles. The molecule has 0 radical (unpaired) electrons. The summed E-state index contributed by atoms with van der Waals surface area (Å²) in [5, 5.41) is 0.468. The molecule has 5 aromatic rings. The topological polar surface area (TPSA) is 72.3 Å². The molecule has 180 valence electrons. The number of imide groups is 1. The molecule has 37 heavy (non-hydrogen) atoms. The van der Waals surface area contributed by atoms with Crippen LogP contribution in [-0.4, -0.2) is 26.3 Å². The predicted molar refractivity (Wildman–Crippen MR) is 143 cm³/mol. The van der Waals surface area contributed by atoms with Crippen molar-refractivity contribution in [2.24, 2.45) is 0 Å². The molecule has 0 unspecified atom stereocenters. The van der Waals surface area contributed by atoms with Gasteiger partial charge in [-0.25, -0.2) is 4.98 Å². The first-order chi connectivity index (χ1) is 18.1. The van der Waals surface area contributed by atoms with E-state index in [9.17, 15) is 14.4 Å². The van der Waals surface area contributed by atoms with Gasteiger partial charge in [0.15, 0.2) is 0 Å². The van der Waals surface area contributed by atoms with Crippen molar-refractivity contribution in [3.05, 3.63) is 130 Å². The molecule has 4 aromatic carbocycles. The van der Waals surface area contributed by atoms with Gasteiger partial charge in [0.2, 0.25) is 0 Å². The second-order valence-corrected chi connectivity index (χ2v) is 8.99. The largest absolute Gasteiger partial charge is 0.269 e. The third-order valence-electron chi connectivity index (χ3n) is 6.86. The van der Waals surface area contributed by atoms with Gasteiger partial charge < -0.3 is 0 Å². The van der Waals surface area contributed by atoms with E-state index in [1.54, 1.807) is 42.5 Å². The zero-order valence-corrected chi connectivity index (χ0v) is 20.2. The van der Waals surface area contributed by atoms with Crippen LogP contribution >= 0.6 is 0 Å². The number of para-hydroxylation sites is 1. The molecule has 0 aliphatic carbocycles. The van der Waals surface area contributed by atoms with Crippen LogP contribution in [0.25, 0.3) is 27.7 Å². The lowest BCUT2D eigenvalue weighted by Crippen LogP contribution is -2.38. The first-order valence-electron chi connectivity index (χ1n) is 12.2. The van der Waals surface area contributed by atoms with Gasteiger partial charge in [-0.2, -0.15) is 0 Å². The molecule has 6 heteroatoms. The van der Waals surface area contributed by atoms with Crippen molar-refractivity contribution in [1.82, 2.24) is 14.5 Å². The highest BCUT2D eigenvalue weighted by Gasteiger charge is 2.41. The van der Waals surface area contributed by atoms with Crippen molar-refractivity contribution < 1.29 is 9.59 Å². The first kappa shape index (κ1) is 22.6. The molecule has 6 nitrogen and oxygen atoms in total. The van der Waals surface area contributed by atoms with E-state index >= 15 is 0 Å². The molecule has 1 aliphatic rings. The van der Waals surface area contributed by atoms with Gasteiger partial charge in [0.05, 0.1) is 33.8 Å². The second kappa shape index (κ2) is 8.99. The lowest BCUT2D eigenvalue weighted by atomic mass is 10.1. The molecule has 6 rings (SSSR count). The van der Waals surface area contributed by atoms with E-state index in [2.05, 4.69) is 0 Å². The van der Waals surface area contributed by atoms with Crippen LogP contribution in [0.1, 0.15) is 45.9 Å². The number of fused-ring (bicyclic) bond motifs is 2. The SMILES string of the molecule is CC[C@@H](c1nc2ccccc2c(=O)n1-c1ccc(-c2ccccc2)cc1)N1C(=O)c2ccccc2C1=O. The van der Waals surface area contributed by atoms with Crippen LogP contribution < -0.4 is 5.56 Å². The molecule has 1 atom stereocenters. The number of benzene rings is 4. The predicted octanol–water partition coefficient (Wildman–Crippen LogP) is 5.80. The quantitative estimate of drug-likeness (QED) is 0.295. The molecule has 2 amide bonds. The summed E-state index contributed by atoms with van der Waals surface area (Å²) in [6.07, 6.45) is 0.401. The summed E-state index contributed by atoms with van der Waals surface area (Å²) in [7, 11) is 0.